The van der Waals surface area contributed by atoms with Gasteiger partial charge in [0.25, 0.3) is 0 Å². The van der Waals surface area contributed by atoms with Crippen LogP contribution in [-0.4, -0.2) is 5.84 Å². The Morgan fingerprint density at radius 3 is 2.70 bits per heavy atom. The molecule has 1 atom stereocenters. The minimum atomic E-state index is -0.547. The van der Waals surface area contributed by atoms with Crippen molar-refractivity contribution in [1.82, 2.24) is 0 Å². The molecule has 4 heteroatoms. The van der Waals surface area contributed by atoms with E-state index in [4.69, 9.17) is 10.7 Å². The van der Waals surface area contributed by atoms with Crippen LogP contribution < -0.4 is 5.73 Å². The van der Waals surface area contributed by atoms with Crippen molar-refractivity contribution < 1.29 is 4.39 Å². The molecule has 0 unspecified atom stereocenters. The molecule has 0 radical (unpaired) electrons. The number of nitrogens with zero attached hydrogens (tertiary/aromatic N) is 1. The molecule has 1 heterocycles. The fourth-order valence-corrected chi connectivity index (χ4v) is 4.15. The van der Waals surface area contributed by atoms with E-state index in [-0.39, 0.29) is 5.82 Å². The third-order valence-electron chi connectivity index (χ3n) is 4.94. The van der Waals surface area contributed by atoms with E-state index in [9.17, 15) is 4.39 Å². The average molecular weight is 339 g/mol. The SMILES string of the molecule is C[C@]1(c2cc(Br)ccc2F)CC2(CCC2)CCC(N)=N1. The number of hydrogen-bond acceptors (Lipinski definition) is 2. The summed E-state index contributed by atoms with van der Waals surface area (Å²) in [5.74, 6) is 0.472. The Kier molecular flexibility index (Phi) is 3.39. The zero-order chi connectivity index (χ0) is 14.4. The van der Waals surface area contributed by atoms with Crippen LogP contribution >= 0.6 is 15.9 Å². The molecule has 1 fully saturated rings. The van der Waals surface area contributed by atoms with Crippen LogP contribution in [-0.2, 0) is 5.54 Å². The number of aliphatic imine (C=N–C) groups is 1. The van der Waals surface area contributed by atoms with Gasteiger partial charge >= 0.3 is 0 Å². The van der Waals surface area contributed by atoms with Crippen LogP contribution in [0.5, 0.6) is 0 Å². The van der Waals surface area contributed by atoms with E-state index in [0.29, 0.717) is 16.8 Å². The summed E-state index contributed by atoms with van der Waals surface area (Å²) in [4.78, 5) is 4.69. The molecule has 1 aromatic rings. The van der Waals surface area contributed by atoms with Crippen molar-refractivity contribution in [2.45, 2.75) is 51.0 Å². The summed E-state index contributed by atoms with van der Waals surface area (Å²) >= 11 is 3.43. The molecule has 1 aromatic carbocycles. The standard InChI is InChI=1S/C16H20BrFN2/c1-15(12-9-11(17)3-4-13(12)18)10-16(6-2-7-16)8-5-14(19)20-15/h3-4,9H,2,5-8,10H2,1H3,(H2,19,20)/t15-/m1/s1. The van der Waals surface area contributed by atoms with E-state index in [1.165, 1.54) is 25.3 Å². The van der Waals surface area contributed by atoms with Crippen molar-refractivity contribution in [3.63, 3.8) is 0 Å². The Morgan fingerprint density at radius 2 is 2.05 bits per heavy atom. The summed E-state index contributed by atoms with van der Waals surface area (Å²) in [7, 11) is 0. The first-order valence-corrected chi connectivity index (χ1v) is 8.02. The molecule has 1 aliphatic heterocycles. The third kappa shape index (κ3) is 2.39. The Morgan fingerprint density at radius 1 is 1.30 bits per heavy atom. The minimum absolute atomic E-state index is 0.191. The van der Waals surface area contributed by atoms with Gasteiger partial charge in [-0.05, 0) is 56.2 Å². The number of nitrogens with two attached hydrogens (primary N) is 1. The second-order valence-corrected chi connectivity index (χ2v) is 7.45. The number of halogens is 2. The van der Waals surface area contributed by atoms with E-state index >= 15 is 0 Å². The van der Waals surface area contributed by atoms with E-state index in [0.717, 1.165) is 23.7 Å². The molecule has 0 saturated heterocycles. The van der Waals surface area contributed by atoms with Gasteiger partial charge in [-0.15, -0.1) is 0 Å². The largest absolute Gasteiger partial charge is 0.387 e. The summed E-state index contributed by atoms with van der Waals surface area (Å²) in [6.45, 7) is 2.02. The molecule has 1 spiro atoms. The number of rotatable bonds is 1. The van der Waals surface area contributed by atoms with Crippen molar-refractivity contribution in [3.8, 4) is 0 Å². The highest BCUT2D eigenvalue weighted by molar-refractivity contribution is 9.10. The smallest absolute Gasteiger partial charge is 0.128 e. The van der Waals surface area contributed by atoms with Crippen molar-refractivity contribution in [1.29, 1.82) is 0 Å². The Balaban J connectivity index is 2.06. The van der Waals surface area contributed by atoms with Crippen LogP contribution in [0, 0.1) is 11.2 Å². The molecule has 0 amide bonds. The first-order chi connectivity index (χ1) is 9.42. The lowest BCUT2D eigenvalue weighted by Crippen LogP contribution is -2.36. The summed E-state index contributed by atoms with van der Waals surface area (Å²) in [6.07, 6.45) is 6.55. The Labute approximate surface area is 127 Å². The van der Waals surface area contributed by atoms with Crippen molar-refractivity contribution >= 4 is 21.8 Å². The highest BCUT2D eigenvalue weighted by Crippen LogP contribution is 2.54. The quantitative estimate of drug-likeness (QED) is 0.803. The van der Waals surface area contributed by atoms with Crippen molar-refractivity contribution in [3.05, 3.63) is 34.1 Å². The molecule has 2 N–H and O–H groups in total. The molecular formula is C16H20BrFN2. The number of benzene rings is 1. The summed E-state index contributed by atoms with van der Waals surface area (Å²) in [6, 6.07) is 5.09. The molecule has 1 saturated carbocycles. The lowest BCUT2D eigenvalue weighted by atomic mass is 9.60. The topological polar surface area (TPSA) is 38.4 Å². The van der Waals surface area contributed by atoms with Crippen LogP contribution in [0.1, 0.15) is 51.0 Å². The normalized spacial score (nSPS) is 28.6. The molecule has 20 heavy (non-hydrogen) atoms. The average Bonchev–Trinajstić information content (AvgIpc) is 2.49. The molecule has 3 rings (SSSR count). The monoisotopic (exact) mass is 338 g/mol. The lowest BCUT2D eigenvalue weighted by Gasteiger charge is -2.45. The molecular weight excluding hydrogens is 319 g/mol. The van der Waals surface area contributed by atoms with Gasteiger partial charge in [0.2, 0.25) is 0 Å². The maximum absolute atomic E-state index is 14.3. The lowest BCUT2D eigenvalue weighted by molar-refractivity contribution is 0.0815. The van der Waals surface area contributed by atoms with Crippen LogP contribution in [0.2, 0.25) is 0 Å². The van der Waals surface area contributed by atoms with Gasteiger partial charge in [0.15, 0.2) is 0 Å². The second-order valence-electron chi connectivity index (χ2n) is 6.53. The predicted octanol–water partition coefficient (Wildman–Crippen LogP) is 4.51. The zero-order valence-electron chi connectivity index (χ0n) is 11.8. The third-order valence-corrected chi connectivity index (χ3v) is 5.44. The van der Waals surface area contributed by atoms with Gasteiger partial charge < -0.3 is 5.73 Å². The number of amidine groups is 1. The molecule has 2 nitrogen and oxygen atoms in total. The van der Waals surface area contributed by atoms with Gasteiger partial charge in [-0.1, -0.05) is 22.4 Å². The van der Waals surface area contributed by atoms with Crippen molar-refractivity contribution in [2.24, 2.45) is 16.1 Å². The first kappa shape index (κ1) is 14.1. The number of hydrogen-bond donors (Lipinski definition) is 1. The van der Waals surface area contributed by atoms with Gasteiger partial charge in [-0.3, -0.25) is 4.99 Å². The van der Waals surface area contributed by atoms with Crippen molar-refractivity contribution in [2.75, 3.05) is 0 Å². The highest BCUT2D eigenvalue weighted by atomic mass is 79.9. The minimum Gasteiger partial charge on any atom is -0.387 e. The predicted molar refractivity (Wildman–Crippen MR) is 83.2 cm³/mol. The first-order valence-electron chi connectivity index (χ1n) is 7.22. The van der Waals surface area contributed by atoms with E-state index in [2.05, 4.69) is 15.9 Å². The van der Waals surface area contributed by atoms with Crippen LogP contribution in [0.25, 0.3) is 0 Å². The molecule has 2 aliphatic rings. The fraction of sp³-hybridized carbons (Fsp3) is 0.562. The molecule has 0 bridgehead atoms. The Hall–Kier alpha value is -0.900. The van der Waals surface area contributed by atoms with Gasteiger partial charge in [-0.25, -0.2) is 4.39 Å². The molecule has 0 aromatic heterocycles. The Bertz CT molecular complexity index is 566. The zero-order valence-corrected chi connectivity index (χ0v) is 13.3. The molecule has 1 aliphatic carbocycles. The molecule has 108 valence electrons. The maximum Gasteiger partial charge on any atom is 0.128 e. The van der Waals surface area contributed by atoms with Crippen LogP contribution in [0.4, 0.5) is 4.39 Å². The highest BCUT2D eigenvalue weighted by Gasteiger charge is 2.46. The van der Waals surface area contributed by atoms with E-state index in [1.807, 2.05) is 13.0 Å². The van der Waals surface area contributed by atoms with Gasteiger partial charge in [0.1, 0.15) is 5.82 Å². The van der Waals surface area contributed by atoms with E-state index in [1.54, 1.807) is 6.07 Å². The fourth-order valence-electron chi connectivity index (χ4n) is 3.79. The van der Waals surface area contributed by atoms with Crippen LogP contribution in [0.3, 0.4) is 0 Å². The van der Waals surface area contributed by atoms with Crippen LogP contribution in [0.15, 0.2) is 27.7 Å². The maximum atomic E-state index is 14.3. The summed E-state index contributed by atoms with van der Waals surface area (Å²) in [5, 5.41) is 0. The van der Waals surface area contributed by atoms with E-state index < -0.39 is 5.54 Å². The summed E-state index contributed by atoms with van der Waals surface area (Å²) < 4.78 is 15.2. The summed E-state index contributed by atoms with van der Waals surface area (Å²) in [5.41, 5.74) is 6.47. The van der Waals surface area contributed by atoms with Gasteiger partial charge in [0, 0.05) is 16.5 Å². The van der Waals surface area contributed by atoms with Gasteiger partial charge in [0.05, 0.1) is 11.4 Å². The van der Waals surface area contributed by atoms with Gasteiger partial charge in [-0.2, -0.15) is 0 Å². The second kappa shape index (κ2) is 4.83.